The van der Waals surface area contributed by atoms with Gasteiger partial charge in [-0.1, -0.05) is 31.5 Å². The molecule has 94 valence electrons. The van der Waals surface area contributed by atoms with Gasteiger partial charge >= 0.3 is 0 Å². The topological polar surface area (TPSA) is 55.2 Å². The van der Waals surface area contributed by atoms with Crippen LogP contribution in [0.5, 0.6) is 0 Å². The van der Waals surface area contributed by atoms with E-state index in [4.69, 9.17) is 11.6 Å². The van der Waals surface area contributed by atoms with E-state index in [9.17, 15) is 10.1 Å². The molecule has 0 aliphatic heterocycles. The van der Waals surface area contributed by atoms with E-state index in [1.807, 2.05) is 0 Å². The first-order valence-corrected chi connectivity index (χ1v) is 6.02. The van der Waals surface area contributed by atoms with Crippen LogP contribution in [0.3, 0.4) is 0 Å². The van der Waals surface area contributed by atoms with Gasteiger partial charge in [0.15, 0.2) is 0 Å². The Morgan fingerprint density at radius 3 is 2.76 bits per heavy atom. The van der Waals surface area contributed by atoms with Crippen LogP contribution in [0.25, 0.3) is 0 Å². The van der Waals surface area contributed by atoms with Crippen molar-refractivity contribution in [3.63, 3.8) is 0 Å². The molecule has 0 aliphatic rings. The lowest BCUT2D eigenvalue weighted by Gasteiger charge is -2.07. The van der Waals surface area contributed by atoms with Crippen molar-refractivity contribution >= 4 is 17.3 Å². The Kier molecular flexibility index (Phi) is 5.38. The van der Waals surface area contributed by atoms with E-state index in [1.54, 1.807) is 12.1 Å². The summed E-state index contributed by atoms with van der Waals surface area (Å²) in [5.74, 6) is 0.655. The minimum absolute atomic E-state index is 0.0326. The normalized spacial score (nSPS) is 10.8. The summed E-state index contributed by atoms with van der Waals surface area (Å²) in [6.45, 7) is 5.86. The first-order valence-electron chi connectivity index (χ1n) is 5.64. The fourth-order valence-electron chi connectivity index (χ4n) is 1.43. The Bertz CT molecular complexity index is 394. The summed E-state index contributed by atoms with van der Waals surface area (Å²) in [7, 11) is 0. The molecule has 0 unspecified atom stereocenters. The molecule has 0 bridgehead atoms. The van der Waals surface area contributed by atoms with E-state index in [0.717, 1.165) is 18.5 Å². The van der Waals surface area contributed by atoms with Crippen LogP contribution in [0, 0.1) is 16.0 Å². The first-order chi connectivity index (χ1) is 8.00. The van der Waals surface area contributed by atoms with Crippen molar-refractivity contribution in [3.05, 3.63) is 38.9 Å². The Hall–Kier alpha value is -1.13. The minimum atomic E-state index is -0.458. The molecule has 0 saturated carbocycles. The van der Waals surface area contributed by atoms with Gasteiger partial charge in [0, 0.05) is 12.6 Å². The van der Waals surface area contributed by atoms with Crippen molar-refractivity contribution in [3.8, 4) is 0 Å². The van der Waals surface area contributed by atoms with Crippen LogP contribution in [-0.2, 0) is 6.54 Å². The predicted molar refractivity (Wildman–Crippen MR) is 69.3 cm³/mol. The number of nitro benzene ring substituents is 1. The zero-order chi connectivity index (χ0) is 12.8. The lowest BCUT2D eigenvalue weighted by molar-refractivity contribution is -0.384. The molecule has 0 aromatic heterocycles. The summed E-state index contributed by atoms with van der Waals surface area (Å²) >= 11 is 5.73. The molecule has 17 heavy (non-hydrogen) atoms. The summed E-state index contributed by atoms with van der Waals surface area (Å²) < 4.78 is 0. The molecule has 0 atom stereocenters. The molecule has 1 N–H and O–H groups in total. The van der Waals surface area contributed by atoms with Gasteiger partial charge in [0.25, 0.3) is 5.69 Å². The molecular weight excluding hydrogens is 240 g/mol. The SMILES string of the molecule is CC(C)CCNCc1ccc(Cl)c([N+](=O)[O-])c1. The molecule has 0 amide bonds. The van der Waals surface area contributed by atoms with Gasteiger partial charge in [-0.3, -0.25) is 10.1 Å². The monoisotopic (exact) mass is 256 g/mol. The number of nitrogens with zero attached hydrogens (tertiary/aromatic N) is 1. The third kappa shape index (κ3) is 4.71. The fraction of sp³-hybridized carbons (Fsp3) is 0.500. The first kappa shape index (κ1) is 13.9. The fourth-order valence-corrected chi connectivity index (χ4v) is 1.62. The summed E-state index contributed by atoms with van der Waals surface area (Å²) in [6, 6.07) is 4.89. The van der Waals surface area contributed by atoms with Crippen molar-refractivity contribution in [2.45, 2.75) is 26.8 Å². The average molecular weight is 257 g/mol. The van der Waals surface area contributed by atoms with Gasteiger partial charge in [0.2, 0.25) is 0 Å². The third-order valence-electron chi connectivity index (χ3n) is 2.43. The number of hydrogen-bond acceptors (Lipinski definition) is 3. The lowest BCUT2D eigenvalue weighted by atomic mass is 10.1. The van der Waals surface area contributed by atoms with Crippen LogP contribution in [0.1, 0.15) is 25.8 Å². The highest BCUT2D eigenvalue weighted by Crippen LogP contribution is 2.24. The standard InChI is InChI=1S/C12H17ClN2O2/c1-9(2)5-6-14-8-10-3-4-11(13)12(7-10)15(16)17/h3-4,7,9,14H,5-6,8H2,1-2H3. The van der Waals surface area contributed by atoms with Crippen molar-refractivity contribution in [1.29, 1.82) is 0 Å². The van der Waals surface area contributed by atoms with Crippen molar-refractivity contribution in [2.75, 3.05) is 6.54 Å². The molecule has 0 saturated heterocycles. The Morgan fingerprint density at radius 1 is 1.47 bits per heavy atom. The Labute approximate surface area is 106 Å². The van der Waals surface area contributed by atoms with Crippen molar-refractivity contribution in [1.82, 2.24) is 5.32 Å². The van der Waals surface area contributed by atoms with Crippen LogP contribution in [0.2, 0.25) is 5.02 Å². The zero-order valence-electron chi connectivity index (χ0n) is 10.1. The smallest absolute Gasteiger partial charge is 0.288 e. The predicted octanol–water partition coefficient (Wildman–Crippen LogP) is 3.38. The van der Waals surface area contributed by atoms with E-state index in [1.165, 1.54) is 6.07 Å². The number of rotatable bonds is 6. The molecule has 0 aliphatic carbocycles. The lowest BCUT2D eigenvalue weighted by Crippen LogP contribution is -2.16. The highest BCUT2D eigenvalue weighted by molar-refractivity contribution is 6.32. The van der Waals surface area contributed by atoms with E-state index in [2.05, 4.69) is 19.2 Å². The molecule has 5 heteroatoms. The van der Waals surface area contributed by atoms with Crippen molar-refractivity contribution < 1.29 is 4.92 Å². The van der Waals surface area contributed by atoms with Crippen LogP contribution in [0.4, 0.5) is 5.69 Å². The highest BCUT2D eigenvalue weighted by atomic mass is 35.5. The maximum atomic E-state index is 10.7. The van der Waals surface area contributed by atoms with Gasteiger partial charge in [-0.2, -0.15) is 0 Å². The summed E-state index contributed by atoms with van der Waals surface area (Å²) in [5, 5.41) is 14.1. The molecular formula is C12H17ClN2O2. The number of halogens is 1. The second-order valence-corrected chi connectivity index (χ2v) is 4.81. The quantitative estimate of drug-likeness (QED) is 0.482. The summed E-state index contributed by atoms with van der Waals surface area (Å²) in [4.78, 5) is 10.2. The Morgan fingerprint density at radius 2 is 2.18 bits per heavy atom. The number of hydrogen-bond donors (Lipinski definition) is 1. The van der Waals surface area contributed by atoms with Gasteiger partial charge < -0.3 is 5.32 Å². The van der Waals surface area contributed by atoms with Crippen molar-refractivity contribution in [2.24, 2.45) is 5.92 Å². The highest BCUT2D eigenvalue weighted by Gasteiger charge is 2.12. The van der Waals surface area contributed by atoms with E-state index < -0.39 is 4.92 Å². The molecule has 1 aromatic carbocycles. The van der Waals surface area contributed by atoms with Crippen LogP contribution in [-0.4, -0.2) is 11.5 Å². The van der Waals surface area contributed by atoms with E-state index in [-0.39, 0.29) is 10.7 Å². The molecule has 1 aromatic rings. The summed E-state index contributed by atoms with van der Waals surface area (Å²) in [6.07, 6.45) is 1.09. The third-order valence-corrected chi connectivity index (χ3v) is 2.75. The molecule has 0 heterocycles. The Balaban J connectivity index is 2.54. The number of benzene rings is 1. The summed E-state index contributed by atoms with van der Waals surface area (Å²) in [5.41, 5.74) is 0.847. The minimum Gasteiger partial charge on any atom is -0.313 e. The van der Waals surface area contributed by atoms with Crippen LogP contribution < -0.4 is 5.32 Å². The second-order valence-electron chi connectivity index (χ2n) is 4.40. The molecule has 1 rings (SSSR count). The number of nitrogens with one attached hydrogen (secondary N) is 1. The molecule has 0 fully saturated rings. The zero-order valence-corrected chi connectivity index (χ0v) is 10.8. The second kappa shape index (κ2) is 6.57. The van der Waals surface area contributed by atoms with Gasteiger partial charge in [0.05, 0.1) is 4.92 Å². The van der Waals surface area contributed by atoms with Gasteiger partial charge in [-0.15, -0.1) is 0 Å². The van der Waals surface area contributed by atoms with E-state index in [0.29, 0.717) is 12.5 Å². The molecule has 4 nitrogen and oxygen atoms in total. The van der Waals surface area contributed by atoms with Gasteiger partial charge in [-0.05, 0) is 30.5 Å². The van der Waals surface area contributed by atoms with Crippen LogP contribution >= 0.6 is 11.6 Å². The number of nitro groups is 1. The van der Waals surface area contributed by atoms with Crippen LogP contribution in [0.15, 0.2) is 18.2 Å². The molecule has 0 spiro atoms. The molecule has 0 radical (unpaired) electrons. The average Bonchev–Trinajstić information content (AvgIpc) is 2.25. The van der Waals surface area contributed by atoms with E-state index >= 15 is 0 Å². The van der Waals surface area contributed by atoms with Gasteiger partial charge in [0.1, 0.15) is 5.02 Å². The maximum absolute atomic E-state index is 10.7. The largest absolute Gasteiger partial charge is 0.313 e. The maximum Gasteiger partial charge on any atom is 0.288 e. The van der Waals surface area contributed by atoms with Gasteiger partial charge in [-0.25, -0.2) is 0 Å².